The second-order valence-corrected chi connectivity index (χ2v) is 6.87. The van der Waals surface area contributed by atoms with E-state index in [4.69, 9.17) is 5.73 Å². The van der Waals surface area contributed by atoms with Crippen molar-refractivity contribution in [3.05, 3.63) is 28.2 Å². The molecule has 1 heterocycles. The first-order chi connectivity index (χ1) is 10.4. The second kappa shape index (κ2) is 7.13. The number of hydrogen-bond acceptors (Lipinski definition) is 3. The Kier molecular flexibility index (Phi) is 5.45. The molecule has 0 saturated carbocycles. The van der Waals surface area contributed by atoms with Crippen molar-refractivity contribution >= 4 is 33.4 Å². The maximum Gasteiger partial charge on any atom is 0.253 e. The number of likely N-dealkylation sites (tertiary alicyclic amines) is 1. The van der Waals surface area contributed by atoms with E-state index in [9.17, 15) is 9.59 Å². The molecule has 0 unspecified atom stereocenters. The van der Waals surface area contributed by atoms with Gasteiger partial charge in [0.1, 0.15) is 0 Å². The Hall–Kier alpha value is -1.56. The number of hydrogen-bond donors (Lipinski definition) is 2. The summed E-state index contributed by atoms with van der Waals surface area (Å²) in [4.78, 5) is 26.1. The average Bonchev–Trinajstić information content (AvgIpc) is 2.47. The van der Waals surface area contributed by atoms with Crippen LogP contribution in [-0.2, 0) is 4.79 Å². The molecule has 5 nitrogen and oxygen atoms in total. The van der Waals surface area contributed by atoms with E-state index in [1.807, 2.05) is 18.7 Å². The number of nitrogens with zero attached hydrogens (tertiary/aromatic N) is 1. The van der Waals surface area contributed by atoms with E-state index < -0.39 is 0 Å². The van der Waals surface area contributed by atoms with Gasteiger partial charge in [-0.3, -0.25) is 9.59 Å². The van der Waals surface area contributed by atoms with Gasteiger partial charge in [0.05, 0.1) is 5.56 Å². The first-order valence-electron chi connectivity index (χ1n) is 7.53. The summed E-state index contributed by atoms with van der Waals surface area (Å²) in [6, 6.07) is 5.33. The smallest absolute Gasteiger partial charge is 0.253 e. The van der Waals surface area contributed by atoms with Gasteiger partial charge in [-0.25, -0.2) is 0 Å². The first kappa shape index (κ1) is 16.8. The maximum atomic E-state index is 12.3. The predicted molar refractivity (Wildman–Crippen MR) is 90.5 cm³/mol. The number of nitrogens with one attached hydrogen (secondary N) is 1. The summed E-state index contributed by atoms with van der Waals surface area (Å²) in [7, 11) is 0. The third kappa shape index (κ3) is 4.00. The standard InChI is InChI=1S/C16H22BrN3O2/c1-10(2)16(22)20-7-5-12(6-8-20)19-15(21)13-4-3-11(17)9-14(13)18/h3-4,9-10,12H,5-8,18H2,1-2H3,(H,19,21). The maximum absolute atomic E-state index is 12.3. The number of carbonyl (C=O) groups excluding carboxylic acids is 2. The van der Waals surface area contributed by atoms with Crippen molar-refractivity contribution in [3.63, 3.8) is 0 Å². The molecule has 0 aliphatic carbocycles. The average molecular weight is 368 g/mol. The molecule has 0 radical (unpaired) electrons. The molecule has 2 rings (SSSR count). The van der Waals surface area contributed by atoms with E-state index in [2.05, 4.69) is 21.2 Å². The van der Waals surface area contributed by atoms with Crippen molar-refractivity contribution in [3.8, 4) is 0 Å². The minimum atomic E-state index is -0.154. The molecule has 0 atom stereocenters. The molecule has 3 N–H and O–H groups in total. The fraction of sp³-hybridized carbons (Fsp3) is 0.500. The molecule has 6 heteroatoms. The number of halogens is 1. The van der Waals surface area contributed by atoms with Crippen LogP contribution >= 0.6 is 15.9 Å². The van der Waals surface area contributed by atoms with E-state index >= 15 is 0 Å². The largest absolute Gasteiger partial charge is 0.398 e. The van der Waals surface area contributed by atoms with Gasteiger partial charge in [-0.2, -0.15) is 0 Å². The molecule has 1 saturated heterocycles. The molecule has 0 bridgehead atoms. The number of anilines is 1. The third-order valence-electron chi connectivity index (χ3n) is 3.89. The molecule has 1 aliphatic rings. The summed E-state index contributed by atoms with van der Waals surface area (Å²) in [5, 5.41) is 3.01. The highest BCUT2D eigenvalue weighted by Crippen LogP contribution is 2.19. The van der Waals surface area contributed by atoms with Gasteiger partial charge in [-0.05, 0) is 31.0 Å². The molecular weight excluding hydrogens is 346 g/mol. The highest BCUT2D eigenvalue weighted by atomic mass is 79.9. The first-order valence-corrected chi connectivity index (χ1v) is 8.32. The predicted octanol–water partition coefficient (Wildman–Crippen LogP) is 2.41. The van der Waals surface area contributed by atoms with Crippen LogP contribution in [0.25, 0.3) is 0 Å². The van der Waals surface area contributed by atoms with Crippen molar-refractivity contribution in [2.45, 2.75) is 32.7 Å². The van der Waals surface area contributed by atoms with Crippen LogP contribution < -0.4 is 11.1 Å². The Morgan fingerprint density at radius 2 is 1.95 bits per heavy atom. The number of nitrogens with two attached hydrogens (primary N) is 1. The van der Waals surface area contributed by atoms with Gasteiger partial charge in [0.25, 0.3) is 5.91 Å². The van der Waals surface area contributed by atoms with Crippen LogP contribution in [0.4, 0.5) is 5.69 Å². The lowest BCUT2D eigenvalue weighted by atomic mass is 10.0. The minimum Gasteiger partial charge on any atom is -0.398 e. The molecule has 1 aromatic carbocycles. The van der Waals surface area contributed by atoms with Crippen LogP contribution in [-0.4, -0.2) is 35.8 Å². The van der Waals surface area contributed by atoms with Crippen molar-refractivity contribution in [1.82, 2.24) is 10.2 Å². The highest BCUT2D eigenvalue weighted by molar-refractivity contribution is 9.10. The van der Waals surface area contributed by atoms with Gasteiger partial charge in [-0.15, -0.1) is 0 Å². The number of piperidine rings is 1. The quantitative estimate of drug-likeness (QED) is 0.805. The Labute approximate surface area is 139 Å². The molecule has 22 heavy (non-hydrogen) atoms. The van der Waals surface area contributed by atoms with Gasteiger partial charge in [0.2, 0.25) is 5.91 Å². The summed E-state index contributed by atoms with van der Waals surface area (Å²) < 4.78 is 0.849. The molecule has 0 aromatic heterocycles. The van der Waals surface area contributed by atoms with Crippen LogP contribution in [0.3, 0.4) is 0 Å². The zero-order chi connectivity index (χ0) is 16.3. The van der Waals surface area contributed by atoms with Gasteiger partial charge in [0, 0.05) is 35.2 Å². The lowest BCUT2D eigenvalue weighted by Crippen LogP contribution is -2.47. The zero-order valence-electron chi connectivity index (χ0n) is 12.9. The molecule has 2 amide bonds. The summed E-state index contributed by atoms with van der Waals surface area (Å²) in [5.74, 6) is 0.0503. The van der Waals surface area contributed by atoms with Crippen LogP contribution in [0, 0.1) is 5.92 Å². The van der Waals surface area contributed by atoms with E-state index in [-0.39, 0.29) is 23.8 Å². The Balaban J connectivity index is 1.90. The summed E-state index contributed by atoms with van der Waals surface area (Å²) in [5.41, 5.74) is 6.83. The molecule has 120 valence electrons. The van der Waals surface area contributed by atoms with Crippen LogP contribution in [0.2, 0.25) is 0 Å². The highest BCUT2D eigenvalue weighted by Gasteiger charge is 2.25. The van der Waals surface area contributed by atoms with Gasteiger partial charge < -0.3 is 16.0 Å². The lowest BCUT2D eigenvalue weighted by Gasteiger charge is -2.33. The van der Waals surface area contributed by atoms with Crippen molar-refractivity contribution in [2.24, 2.45) is 5.92 Å². The van der Waals surface area contributed by atoms with Gasteiger partial charge in [-0.1, -0.05) is 29.8 Å². The van der Waals surface area contributed by atoms with Crippen molar-refractivity contribution < 1.29 is 9.59 Å². The van der Waals surface area contributed by atoms with Crippen molar-refractivity contribution in [2.75, 3.05) is 18.8 Å². The zero-order valence-corrected chi connectivity index (χ0v) is 14.5. The van der Waals surface area contributed by atoms with E-state index in [1.54, 1.807) is 18.2 Å². The molecule has 0 spiro atoms. The second-order valence-electron chi connectivity index (χ2n) is 5.96. The number of carbonyl (C=O) groups is 2. The molecule has 1 aromatic rings. The summed E-state index contributed by atoms with van der Waals surface area (Å²) in [6.45, 7) is 5.20. The topological polar surface area (TPSA) is 75.4 Å². The Morgan fingerprint density at radius 1 is 1.32 bits per heavy atom. The minimum absolute atomic E-state index is 0.0219. The molecule has 1 fully saturated rings. The van der Waals surface area contributed by atoms with Crippen molar-refractivity contribution in [1.29, 1.82) is 0 Å². The van der Waals surface area contributed by atoms with Crippen LogP contribution in [0.15, 0.2) is 22.7 Å². The third-order valence-corrected chi connectivity index (χ3v) is 4.39. The lowest BCUT2D eigenvalue weighted by molar-refractivity contribution is -0.135. The summed E-state index contributed by atoms with van der Waals surface area (Å²) in [6.07, 6.45) is 1.56. The summed E-state index contributed by atoms with van der Waals surface area (Å²) >= 11 is 3.33. The van der Waals surface area contributed by atoms with Gasteiger partial charge >= 0.3 is 0 Å². The Morgan fingerprint density at radius 3 is 2.50 bits per heavy atom. The molecule has 1 aliphatic heterocycles. The van der Waals surface area contributed by atoms with E-state index in [0.717, 1.165) is 17.3 Å². The van der Waals surface area contributed by atoms with E-state index in [0.29, 0.717) is 24.3 Å². The number of amides is 2. The number of rotatable bonds is 3. The fourth-order valence-electron chi connectivity index (χ4n) is 2.61. The SMILES string of the molecule is CC(C)C(=O)N1CCC(NC(=O)c2ccc(Br)cc2N)CC1. The van der Waals surface area contributed by atoms with E-state index in [1.165, 1.54) is 0 Å². The van der Waals surface area contributed by atoms with Gasteiger partial charge in [0.15, 0.2) is 0 Å². The van der Waals surface area contributed by atoms with Crippen LogP contribution in [0.5, 0.6) is 0 Å². The Bertz CT molecular complexity index is 567. The fourth-order valence-corrected chi connectivity index (χ4v) is 2.99. The monoisotopic (exact) mass is 367 g/mol. The normalized spacial score (nSPS) is 15.9. The van der Waals surface area contributed by atoms with Crippen LogP contribution in [0.1, 0.15) is 37.0 Å². The number of nitrogen functional groups attached to an aromatic ring is 1. The number of benzene rings is 1. The molecular formula is C16H22BrN3O2.